The summed E-state index contributed by atoms with van der Waals surface area (Å²) in [5.41, 5.74) is 10.4. The summed E-state index contributed by atoms with van der Waals surface area (Å²) in [5.74, 6) is -1.21. The third-order valence-electron chi connectivity index (χ3n) is 3.86. The van der Waals surface area contributed by atoms with Crippen molar-refractivity contribution in [2.24, 2.45) is 5.73 Å². The lowest BCUT2D eigenvalue weighted by molar-refractivity contribution is -0.116. The Morgan fingerprint density at radius 2 is 1.76 bits per heavy atom. The van der Waals surface area contributed by atoms with E-state index >= 15 is 0 Å². The molecule has 0 bridgehead atoms. The second-order valence-corrected chi connectivity index (χ2v) is 5.46. The zero-order valence-corrected chi connectivity index (χ0v) is 14.3. The van der Waals surface area contributed by atoms with Crippen LogP contribution < -0.4 is 11.2 Å². The predicted molar refractivity (Wildman–Crippen MR) is 97.2 cm³/mol. The highest BCUT2D eigenvalue weighted by atomic mass is 35.5. The van der Waals surface area contributed by atoms with Crippen molar-refractivity contribution in [2.75, 3.05) is 12.0 Å². The number of hydrogen-bond donors (Lipinski definition) is 2. The van der Waals surface area contributed by atoms with Crippen molar-refractivity contribution in [1.29, 1.82) is 0 Å². The van der Waals surface area contributed by atoms with Crippen molar-refractivity contribution in [2.45, 2.75) is 6.92 Å². The molecule has 2 aromatic carbocycles. The van der Waals surface area contributed by atoms with E-state index < -0.39 is 11.7 Å². The molecule has 0 aliphatic heterocycles. The number of halogens is 2. The normalized spacial score (nSPS) is 10.3. The third-order valence-corrected chi connectivity index (χ3v) is 3.86. The molecule has 0 saturated carbocycles. The summed E-state index contributed by atoms with van der Waals surface area (Å²) >= 11 is 0. The number of carbonyl (C=O) groups is 2. The maximum Gasteiger partial charge on any atom is 0.238 e. The molecule has 0 atom stereocenters. The fourth-order valence-corrected chi connectivity index (χ4v) is 2.73. The van der Waals surface area contributed by atoms with E-state index in [9.17, 15) is 14.0 Å². The van der Waals surface area contributed by atoms with E-state index in [1.807, 2.05) is 31.2 Å². The van der Waals surface area contributed by atoms with E-state index in [2.05, 4.69) is 5.43 Å². The molecule has 130 valence electrons. The number of aryl methyl sites for hydroxylation is 1. The maximum absolute atomic E-state index is 13.1. The average molecular weight is 362 g/mol. The number of para-hydroxylation sites is 1. The minimum atomic E-state index is -0.536. The summed E-state index contributed by atoms with van der Waals surface area (Å²) in [4.78, 5) is 24.0. The monoisotopic (exact) mass is 361 g/mol. The molecule has 3 aromatic rings. The van der Waals surface area contributed by atoms with Crippen molar-refractivity contribution in [3.05, 3.63) is 71.2 Å². The number of nitrogens with zero attached hydrogens (tertiary/aromatic N) is 1. The smallest absolute Gasteiger partial charge is 0.238 e. The summed E-state index contributed by atoms with van der Waals surface area (Å²) in [6, 6.07) is 12.8. The number of aromatic nitrogens is 1. The molecule has 5 nitrogen and oxygen atoms in total. The molecular weight excluding hydrogens is 345 g/mol. The Balaban J connectivity index is 0.00000225. The number of amides is 1. The van der Waals surface area contributed by atoms with E-state index in [-0.39, 0.29) is 24.7 Å². The molecule has 0 unspecified atom stereocenters. The second kappa shape index (κ2) is 7.36. The van der Waals surface area contributed by atoms with Gasteiger partial charge in [-0.15, -0.1) is 12.4 Å². The SMILES string of the molecule is Cc1c(C(=O)c2ccc(F)cc2)n(NCC(N)=O)c2ccccc12.Cl. The first-order valence-corrected chi connectivity index (χ1v) is 7.41. The van der Waals surface area contributed by atoms with Crippen LogP contribution in [0.25, 0.3) is 10.9 Å². The molecule has 0 radical (unpaired) electrons. The number of rotatable bonds is 5. The van der Waals surface area contributed by atoms with Gasteiger partial charge in [-0.25, -0.2) is 4.39 Å². The number of benzene rings is 2. The number of fused-ring (bicyclic) bond motifs is 1. The van der Waals surface area contributed by atoms with Gasteiger partial charge in [-0.2, -0.15) is 0 Å². The highest BCUT2D eigenvalue weighted by molar-refractivity contribution is 6.12. The Hall–Kier alpha value is -2.86. The van der Waals surface area contributed by atoms with E-state index in [0.29, 0.717) is 11.3 Å². The van der Waals surface area contributed by atoms with Crippen LogP contribution in [0.3, 0.4) is 0 Å². The highest BCUT2D eigenvalue weighted by Crippen LogP contribution is 2.26. The number of primary amides is 1. The first-order chi connectivity index (χ1) is 11.5. The van der Waals surface area contributed by atoms with E-state index in [4.69, 9.17) is 5.73 Å². The quantitative estimate of drug-likeness (QED) is 0.686. The molecule has 0 aliphatic rings. The van der Waals surface area contributed by atoms with E-state index in [1.54, 1.807) is 4.68 Å². The van der Waals surface area contributed by atoms with Crippen molar-refractivity contribution >= 4 is 35.0 Å². The molecule has 7 heteroatoms. The highest BCUT2D eigenvalue weighted by Gasteiger charge is 2.21. The molecule has 3 N–H and O–H groups in total. The van der Waals surface area contributed by atoms with Gasteiger partial charge in [0.25, 0.3) is 0 Å². The van der Waals surface area contributed by atoms with Gasteiger partial charge in [0.05, 0.1) is 5.52 Å². The lowest BCUT2D eigenvalue weighted by Crippen LogP contribution is -2.29. The van der Waals surface area contributed by atoms with Gasteiger partial charge in [-0.05, 0) is 42.8 Å². The van der Waals surface area contributed by atoms with Gasteiger partial charge in [-0.3, -0.25) is 14.3 Å². The van der Waals surface area contributed by atoms with Crippen molar-refractivity contribution in [3.8, 4) is 0 Å². The van der Waals surface area contributed by atoms with Gasteiger partial charge in [0, 0.05) is 10.9 Å². The maximum atomic E-state index is 13.1. The standard InChI is InChI=1S/C18H16FN3O2.ClH/c1-11-14-4-2-3-5-15(14)22(21-10-16(20)23)17(11)18(24)12-6-8-13(19)9-7-12;/h2-9,21H,10H2,1H3,(H2,20,23);1H. The van der Waals surface area contributed by atoms with Crippen LogP contribution in [0.15, 0.2) is 48.5 Å². The lowest BCUT2D eigenvalue weighted by atomic mass is 10.0. The van der Waals surface area contributed by atoms with Crippen molar-refractivity contribution in [3.63, 3.8) is 0 Å². The predicted octanol–water partition coefficient (Wildman–Crippen LogP) is 2.77. The summed E-state index contributed by atoms with van der Waals surface area (Å²) in [7, 11) is 0. The summed E-state index contributed by atoms with van der Waals surface area (Å²) in [6.45, 7) is 1.73. The molecule has 25 heavy (non-hydrogen) atoms. The molecule has 0 fully saturated rings. The number of hydrogen-bond acceptors (Lipinski definition) is 3. The van der Waals surface area contributed by atoms with Crippen molar-refractivity contribution < 1.29 is 14.0 Å². The zero-order chi connectivity index (χ0) is 17.3. The molecule has 3 rings (SSSR count). The second-order valence-electron chi connectivity index (χ2n) is 5.46. The number of carbonyl (C=O) groups excluding carboxylic acids is 2. The first-order valence-electron chi connectivity index (χ1n) is 7.41. The minimum Gasteiger partial charge on any atom is -0.368 e. The summed E-state index contributed by atoms with van der Waals surface area (Å²) in [5, 5.41) is 0.889. The fourth-order valence-electron chi connectivity index (χ4n) is 2.73. The molecule has 1 heterocycles. The van der Waals surface area contributed by atoms with Gasteiger partial charge in [0.1, 0.15) is 18.1 Å². The van der Waals surface area contributed by atoms with Gasteiger partial charge in [-0.1, -0.05) is 18.2 Å². The largest absolute Gasteiger partial charge is 0.368 e. The van der Waals surface area contributed by atoms with Crippen LogP contribution in [0.5, 0.6) is 0 Å². The number of nitrogens with two attached hydrogens (primary N) is 1. The minimum absolute atomic E-state index is 0. The zero-order valence-electron chi connectivity index (χ0n) is 13.5. The number of ketones is 1. The first kappa shape index (κ1) is 18.5. The van der Waals surface area contributed by atoms with E-state index in [0.717, 1.165) is 16.5 Å². The molecule has 0 aliphatic carbocycles. The molecule has 0 saturated heterocycles. The molecule has 1 amide bonds. The van der Waals surface area contributed by atoms with Crippen LogP contribution in [0.4, 0.5) is 4.39 Å². The van der Waals surface area contributed by atoms with Crippen LogP contribution in [-0.4, -0.2) is 22.9 Å². The van der Waals surface area contributed by atoms with Crippen LogP contribution >= 0.6 is 12.4 Å². The van der Waals surface area contributed by atoms with Crippen LogP contribution in [0.1, 0.15) is 21.6 Å². The van der Waals surface area contributed by atoms with Crippen LogP contribution in [0.2, 0.25) is 0 Å². The summed E-state index contributed by atoms with van der Waals surface area (Å²) < 4.78 is 14.7. The van der Waals surface area contributed by atoms with E-state index in [1.165, 1.54) is 24.3 Å². The Labute approximate surface area is 150 Å². The Morgan fingerprint density at radius 1 is 1.12 bits per heavy atom. The van der Waals surface area contributed by atoms with Crippen LogP contribution in [-0.2, 0) is 4.79 Å². The van der Waals surface area contributed by atoms with Gasteiger partial charge in [0.15, 0.2) is 0 Å². The Kier molecular flexibility index (Phi) is 5.44. The molecule has 0 spiro atoms. The fraction of sp³-hybridized carbons (Fsp3) is 0.111. The average Bonchev–Trinajstić information content (AvgIpc) is 2.85. The van der Waals surface area contributed by atoms with Gasteiger partial charge in [0.2, 0.25) is 11.7 Å². The summed E-state index contributed by atoms with van der Waals surface area (Å²) in [6.07, 6.45) is 0. The van der Waals surface area contributed by atoms with Crippen molar-refractivity contribution in [1.82, 2.24) is 4.68 Å². The third kappa shape index (κ3) is 3.49. The Morgan fingerprint density at radius 3 is 2.40 bits per heavy atom. The molecular formula is C18H17ClFN3O2. The van der Waals surface area contributed by atoms with Gasteiger partial charge < -0.3 is 11.2 Å². The lowest BCUT2D eigenvalue weighted by Gasteiger charge is -2.12. The Bertz CT molecular complexity index is 935. The topological polar surface area (TPSA) is 77.1 Å². The van der Waals surface area contributed by atoms with Crippen LogP contribution in [0, 0.1) is 12.7 Å². The molecule has 1 aromatic heterocycles. The number of nitrogens with one attached hydrogen (secondary N) is 1. The van der Waals surface area contributed by atoms with Gasteiger partial charge >= 0.3 is 0 Å².